The predicted molar refractivity (Wildman–Crippen MR) is 165 cm³/mol. The average molecular weight is 565 g/mol. The number of hydrogen-bond donors (Lipinski definition) is 4. The van der Waals surface area contributed by atoms with Crippen LogP contribution >= 0.6 is 0 Å². The van der Waals surface area contributed by atoms with Crippen LogP contribution in [0.1, 0.15) is 85.5 Å². The highest BCUT2D eigenvalue weighted by atomic mass is 16.3. The van der Waals surface area contributed by atoms with Crippen LogP contribution in [0.4, 0.5) is 0 Å². The maximum atomic E-state index is 12.2. The number of carbonyl (C=O) groups is 1. The number of carbonyl (C=O) groups excluding carboxylic acids is 1. The second-order valence-electron chi connectivity index (χ2n) is 13.8. The van der Waals surface area contributed by atoms with Crippen molar-refractivity contribution >= 4 is 6.29 Å². The lowest BCUT2D eigenvalue weighted by Crippen LogP contribution is -2.63. The van der Waals surface area contributed by atoms with Gasteiger partial charge in [0.2, 0.25) is 0 Å². The molecule has 0 radical (unpaired) electrons. The highest BCUT2D eigenvalue weighted by molar-refractivity contribution is 5.74. The molecule has 41 heavy (non-hydrogen) atoms. The molecular weight excluding hydrogens is 512 g/mol. The minimum Gasteiger partial charge on any atom is -0.396 e. The third-order valence-corrected chi connectivity index (χ3v) is 11.2. The van der Waals surface area contributed by atoms with Crippen LogP contribution in [0.5, 0.6) is 0 Å². The van der Waals surface area contributed by atoms with Crippen molar-refractivity contribution in [2.75, 3.05) is 13.2 Å². The smallest absolute Gasteiger partial charge is 0.145 e. The minimum absolute atomic E-state index is 0.00703. The van der Waals surface area contributed by atoms with Crippen LogP contribution < -0.4 is 0 Å². The molecule has 0 aromatic heterocycles. The Bertz CT molecular complexity index is 1140. The van der Waals surface area contributed by atoms with Crippen molar-refractivity contribution in [2.45, 2.75) is 97.2 Å². The van der Waals surface area contributed by atoms with Gasteiger partial charge in [0.25, 0.3) is 0 Å². The Labute approximate surface area is 247 Å². The SMILES string of the molecule is C=C(/C=C/C=C(/CO)[C@@H]1CC[C@]2([C@@H]1O)[C@@H]1C(=C(C)C=O)[C@@H](C=C[C@H]1CCO)C[C@@]2(C)O)C1(CC=C(C)C)CCCC1. The van der Waals surface area contributed by atoms with E-state index in [0.29, 0.717) is 31.3 Å². The molecular formula is C36H52O5. The Balaban J connectivity index is 1.66. The molecule has 1 spiro atoms. The van der Waals surface area contributed by atoms with Crippen molar-refractivity contribution in [2.24, 2.45) is 34.5 Å². The summed E-state index contributed by atoms with van der Waals surface area (Å²) in [6, 6.07) is 0. The third-order valence-electron chi connectivity index (χ3n) is 11.2. The molecule has 4 rings (SSSR count). The van der Waals surface area contributed by atoms with E-state index < -0.39 is 17.1 Å². The van der Waals surface area contributed by atoms with Crippen molar-refractivity contribution in [1.82, 2.24) is 0 Å². The molecule has 2 bridgehead atoms. The van der Waals surface area contributed by atoms with Crippen molar-refractivity contribution < 1.29 is 25.2 Å². The number of aliphatic hydroxyl groups is 4. The molecule has 5 nitrogen and oxygen atoms in total. The lowest BCUT2D eigenvalue weighted by Gasteiger charge is -2.60. The molecule has 3 fully saturated rings. The highest BCUT2D eigenvalue weighted by Crippen LogP contribution is 2.66. The van der Waals surface area contributed by atoms with Gasteiger partial charge in [0.05, 0.1) is 18.3 Å². The fourth-order valence-electron chi connectivity index (χ4n) is 9.00. The van der Waals surface area contributed by atoms with E-state index in [0.717, 1.165) is 42.3 Å². The van der Waals surface area contributed by atoms with Gasteiger partial charge in [-0.15, -0.1) is 0 Å². The summed E-state index contributed by atoms with van der Waals surface area (Å²) in [5.74, 6) is -0.728. The summed E-state index contributed by atoms with van der Waals surface area (Å²) >= 11 is 0. The monoisotopic (exact) mass is 564 g/mol. The molecule has 0 saturated heterocycles. The second-order valence-corrected chi connectivity index (χ2v) is 13.8. The molecule has 4 N–H and O–H groups in total. The van der Waals surface area contributed by atoms with Crippen LogP contribution in [0.25, 0.3) is 0 Å². The average Bonchev–Trinajstić information content (AvgIpc) is 3.56. The molecule has 5 heteroatoms. The highest BCUT2D eigenvalue weighted by Gasteiger charge is 2.67. The van der Waals surface area contributed by atoms with Gasteiger partial charge < -0.3 is 20.4 Å². The van der Waals surface area contributed by atoms with E-state index in [1.54, 1.807) is 0 Å². The molecule has 0 heterocycles. The van der Waals surface area contributed by atoms with Crippen molar-refractivity contribution in [3.8, 4) is 0 Å². The standard InChI is InChI=1S/C36H52O5/c1-24(2)13-18-35(16-6-7-17-35)26(4)9-8-10-29(23-39)30-14-19-36(33(30)40)32-27(15-20-37)11-12-28(21-34(36,5)41)31(32)25(3)22-38/h8-13,22,27-28,30,32-33,37,39-41H,4,6-7,14-21,23H2,1-3,5H3/b9-8+,29-10-,31-25?/t27-,28-,30-,32-,33+,34+,36+/m0/s1. The van der Waals surface area contributed by atoms with Gasteiger partial charge in [0.15, 0.2) is 0 Å². The van der Waals surface area contributed by atoms with E-state index in [4.69, 9.17) is 0 Å². The molecule has 226 valence electrons. The Hall–Kier alpha value is -2.05. The van der Waals surface area contributed by atoms with E-state index in [1.165, 1.54) is 18.4 Å². The second kappa shape index (κ2) is 12.7. The summed E-state index contributed by atoms with van der Waals surface area (Å²) in [6.07, 6.45) is 20.3. The first-order chi connectivity index (χ1) is 19.5. The van der Waals surface area contributed by atoms with Gasteiger partial charge in [0, 0.05) is 23.9 Å². The van der Waals surface area contributed by atoms with Crippen LogP contribution in [0.2, 0.25) is 0 Å². The van der Waals surface area contributed by atoms with E-state index in [1.807, 2.05) is 26.0 Å². The van der Waals surface area contributed by atoms with Crippen LogP contribution in [-0.2, 0) is 4.79 Å². The third kappa shape index (κ3) is 5.68. The van der Waals surface area contributed by atoms with Crippen molar-refractivity contribution in [1.29, 1.82) is 0 Å². The van der Waals surface area contributed by atoms with Crippen molar-refractivity contribution in [3.63, 3.8) is 0 Å². The van der Waals surface area contributed by atoms with Gasteiger partial charge in [0.1, 0.15) is 6.29 Å². The Morgan fingerprint density at radius 1 is 1.12 bits per heavy atom. The normalized spacial score (nSPS) is 37.6. The predicted octanol–water partition coefficient (Wildman–Crippen LogP) is 6.16. The number of rotatable bonds is 10. The summed E-state index contributed by atoms with van der Waals surface area (Å²) in [7, 11) is 0. The zero-order valence-corrected chi connectivity index (χ0v) is 25.6. The van der Waals surface area contributed by atoms with Crippen LogP contribution in [0.15, 0.2) is 70.9 Å². The Morgan fingerprint density at radius 2 is 1.83 bits per heavy atom. The number of aldehydes is 1. The molecule has 0 amide bonds. The van der Waals surface area contributed by atoms with Gasteiger partial charge in [-0.25, -0.2) is 0 Å². The number of fused-ring (bicyclic) bond motifs is 3. The van der Waals surface area contributed by atoms with Crippen LogP contribution in [0.3, 0.4) is 0 Å². The molecule has 4 aliphatic carbocycles. The zero-order valence-electron chi connectivity index (χ0n) is 25.6. The van der Waals surface area contributed by atoms with Gasteiger partial charge in [-0.3, -0.25) is 4.79 Å². The first-order valence-electron chi connectivity index (χ1n) is 15.6. The van der Waals surface area contributed by atoms with E-state index in [9.17, 15) is 25.2 Å². The molecule has 0 unspecified atom stereocenters. The first kappa shape index (κ1) is 31.9. The quantitative estimate of drug-likeness (QED) is 0.110. The molecule has 3 saturated carbocycles. The largest absolute Gasteiger partial charge is 0.396 e. The lowest BCUT2D eigenvalue weighted by molar-refractivity contribution is -0.181. The molecule has 7 atom stereocenters. The Morgan fingerprint density at radius 3 is 2.44 bits per heavy atom. The fourth-order valence-corrected chi connectivity index (χ4v) is 9.00. The summed E-state index contributed by atoms with van der Waals surface area (Å²) in [5, 5.41) is 44.6. The lowest BCUT2D eigenvalue weighted by atomic mass is 9.46. The molecule has 0 aromatic carbocycles. The van der Waals surface area contributed by atoms with E-state index in [-0.39, 0.29) is 42.3 Å². The van der Waals surface area contributed by atoms with E-state index in [2.05, 4.69) is 44.7 Å². The Kier molecular flexibility index (Phi) is 9.85. The molecule has 0 aliphatic heterocycles. The number of hydrogen-bond acceptors (Lipinski definition) is 5. The van der Waals surface area contributed by atoms with Gasteiger partial charge in [-0.2, -0.15) is 0 Å². The van der Waals surface area contributed by atoms with Crippen LogP contribution in [0, 0.1) is 34.5 Å². The first-order valence-corrected chi connectivity index (χ1v) is 15.6. The fraction of sp³-hybridized carbons (Fsp3) is 0.639. The number of allylic oxidation sites excluding steroid dienone is 10. The maximum Gasteiger partial charge on any atom is 0.145 e. The summed E-state index contributed by atoms with van der Waals surface area (Å²) < 4.78 is 0. The summed E-state index contributed by atoms with van der Waals surface area (Å²) in [5.41, 5.74) is 2.87. The minimum atomic E-state index is -1.17. The zero-order chi connectivity index (χ0) is 30.0. The summed E-state index contributed by atoms with van der Waals surface area (Å²) in [4.78, 5) is 12.0. The van der Waals surface area contributed by atoms with Crippen LogP contribution in [-0.4, -0.2) is 51.6 Å². The van der Waals surface area contributed by atoms with Gasteiger partial charge in [-0.05, 0) is 107 Å². The topological polar surface area (TPSA) is 98.0 Å². The van der Waals surface area contributed by atoms with E-state index >= 15 is 0 Å². The van der Waals surface area contributed by atoms with Crippen molar-refractivity contribution in [3.05, 3.63) is 70.9 Å². The summed E-state index contributed by atoms with van der Waals surface area (Å²) in [6.45, 7) is 12.2. The molecule has 4 aliphatic rings. The van der Waals surface area contributed by atoms with Gasteiger partial charge in [-0.1, -0.05) is 67.0 Å². The van der Waals surface area contributed by atoms with Gasteiger partial charge >= 0.3 is 0 Å². The number of aliphatic hydroxyl groups excluding tert-OH is 3. The molecule has 0 aromatic rings. The maximum absolute atomic E-state index is 12.2.